The van der Waals surface area contributed by atoms with Crippen molar-refractivity contribution in [2.75, 3.05) is 0 Å². The van der Waals surface area contributed by atoms with Gasteiger partial charge < -0.3 is 0 Å². The maximum absolute atomic E-state index is 12.9. The molecule has 1 aromatic heterocycles. The number of amides is 1. The largest absolute Gasteiger partial charge is 0.333 e. The molecule has 1 amide bonds. The lowest BCUT2D eigenvalue weighted by Gasteiger charge is -2.14. The quantitative estimate of drug-likeness (QED) is 0.341. The second-order valence-electron chi connectivity index (χ2n) is 6.20. The molecule has 2 aromatic carbocycles. The average Bonchev–Trinajstić information content (AvgIpc) is 2.74. The van der Waals surface area contributed by atoms with Gasteiger partial charge in [0.15, 0.2) is 12.4 Å². The van der Waals surface area contributed by atoms with Crippen molar-refractivity contribution in [1.82, 2.24) is 5.01 Å². The summed E-state index contributed by atoms with van der Waals surface area (Å²) in [6, 6.07) is 21.0. The molecule has 0 saturated carbocycles. The van der Waals surface area contributed by atoms with E-state index in [4.69, 9.17) is 0 Å². The van der Waals surface area contributed by atoms with Crippen LogP contribution in [0.25, 0.3) is 0 Å². The van der Waals surface area contributed by atoms with E-state index >= 15 is 0 Å². The van der Waals surface area contributed by atoms with Crippen LogP contribution in [0.3, 0.4) is 0 Å². The van der Waals surface area contributed by atoms with E-state index in [0.717, 1.165) is 10.6 Å². The highest BCUT2D eigenvalue weighted by atomic mass is 32.2. The Hall–Kier alpha value is -3.65. The summed E-state index contributed by atoms with van der Waals surface area (Å²) in [7, 11) is -2.78. The predicted octanol–water partition coefficient (Wildman–Crippen LogP) is 2.48. The Bertz CT molecular complexity index is 1140. The molecule has 29 heavy (non-hydrogen) atoms. The number of nitrogens with zero attached hydrogens (tertiary/aromatic N) is 3. The van der Waals surface area contributed by atoms with Gasteiger partial charge in [-0.1, -0.05) is 60.7 Å². The van der Waals surface area contributed by atoms with Crippen LogP contribution >= 0.6 is 0 Å². The number of carbonyl (C=O) groups excluding carboxylic acids is 2. The Morgan fingerprint density at radius 1 is 0.862 bits per heavy atom. The Kier molecular flexibility index (Phi) is 6.59. The van der Waals surface area contributed by atoms with Gasteiger partial charge in [0.1, 0.15) is 5.56 Å². The fourth-order valence-corrected chi connectivity index (χ4v) is 3.04. The van der Waals surface area contributed by atoms with Gasteiger partial charge in [-0.05, 0) is 16.1 Å². The Labute approximate surface area is 169 Å². The average molecular weight is 408 g/mol. The van der Waals surface area contributed by atoms with Gasteiger partial charge in [0.2, 0.25) is 12.3 Å². The van der Waals surface area contributed by atoms with Crippen molar-refractivity contribution in [2.24, 2.45) is 4.47 Å². The molecule has 0 aliphatic carbocycles. The Balaban J connectivity index is 1.82. The molecular formula is C21H18N3O4S+. The molecule has 0 aliphatic rings. The number of aromatic nitrogens is 1. The van der Waals surface area contributed by atoms with Crippen LogP contribution in [-0.2, 0) is 23.6 Å². The molecule has 146 valence electrons. The summed E-state index contributed by atoms with van der Waals surface area (Å²) in [5.74, 6) is -0.689. The number of pyridine rings is 1. The van der Waals surface area contributed by atoms with Crippen LogP contribution in [0.4, 0.5) is 0 Å². The standard InChI is InChI=1S/C21H18N3O4S/c25-20(18-10-5-2-6-11-18)16-23-13-7-12-19(15-23)21(26)24(22-29(27)28)14-17-8-3-1-4-9-17/h1-13,15H,14,16H2/q+1. The number of rotatable bonds is 7. The van der Waals surface area contributed by atoms with Gasteiger partial charge in [-0.15, -0.1) is 0 Å². The molecule has 0 spiro atoms. The van der Waals surface area contributed by atoms with Gasteiger partial charge in [-0.25, -0.2) is 5.01 Å². The maximum Gasteiger partial charge on any atom is 0.333 e. The third-order valence-corrected chi connectivity index (χ3v) is 4.43. The molecule has 0 radical (unpaired) electrons. The lowest BCUT2D eigenvalue weighted by Crippen LogP contribution is -2.39. The van der Waals surface area contributed by atoms with Crippen molar-refractivity contribution >= 4 is 22.2 Å². The van der Waals surface area contributed by atoms with E-state index in [2.05, 4.69) is 4.47 Å². The topological polar surface area (TPSA) is 87.8 Å². The highest BCUT2D eigenvalue weighted by molar-refractivity contribution is 7.61. The number of ketones is 1. The Morgan fingerprint density at radius 3 is 2.14 bits per heavy atom. The zero-order chi connectivity index (χ0) is 20.6. The van der Waals surface area contributed by atoms with Crippen molar-refractivity contribution in [3.63, 3.8) is 0 Å². The van der Waals surface area contributed by atoms with E-state index in [0.29, 0.717) is 5.56 Å². The maximum atomic E-state index is 12.9. The summed E-state index contributed by atoms with van der Waals surface area (Å²) in [5.41, 5.74) is 1.52. The summed E-state index contributed by atoms with van der Waals surface area (Å²) in [6.07, 6.45) is 3.17. The number of carbonyl (C=O) groups is 2. The van der Waals surface area contributed by atoms with Crippen molar-refractivity contribution < 1.29 is 22.6 Å². The summed E-state index contributed by atoms with van der Waals surface area (Å²) < 4.78 is 27.2. The fourth-order valence-electron chi connectivity index (χ4n) is 2.75. The van der Waals surface area contributed by atoms with Crippen molar-refractivity contribution in [3.8, 4) is 0 Å². The minimum Gasteiger partial charge on any atom is -0.287 e. The van der Waals surface area contributed by atoms with Gasteiger partial charge in [0.25, 0.3) is 5.91 Å². The first-order valence-electron chi connectivity index (χ1n) is 8.77. The molecule has 8 heteroatoms. The Morgan fingerprint density at radius 2 is 1.48 bits per heavy atom. The summed E-state index contributed by atoms with van der Waals surface area (Å²) in [5, 5.41) is 0.886. The van der Waals surface area contributed by atoms with Crippen LogP contribution in [0, 0.1) is 0 Å². The van der Waals surface area contributed by atoms with E-state index < -0.39 is 16.4 Å². The highest BCUT2D eigenvalue weighted by Gasteiger charge is 2.20. The first kappa shape index (κ1) is 20.1. The molecule has 0 saturated heterocycles. The number of hydrogen-bond donors (Lipinski definition) is 0. The van der Waals surface area contributed by atoms with E-state index in [1.54, 1.807) is 71.4 Å². The monoisotopic (exact) mass is 408 g/mol. The first-order valence-corrected chi connectivity index (χ1v) is 9.80. The molecular weight excluding hydrogens is 390 g/mol. The van der Waals surface area contributed by atoms with Crippen LogP contribution in [0.5, 0.6) is 0 Å². The number of Topliss-reactive ketones (excluding diaryl/α,β-unsaturated/α-hetero) is 1. The predicted molar refractivity (Wildman–Crippen MR) is 105 cm³/mol. The van der Waals surface area contributed by atoms with Crippen molar-refractivity contribution in [2.45, 2.75) is 13.1 Å². The molecule has 0 aliphatic heterocycles. The van der Waals surface area contributed by atoms with Crippen LogP contribution < -0.4 is 4.57 Å². The van der Waals surface area contributed by atoms with Gasteiger partial charge in [0, 0.05) is 11.6 Å². The molecule has 0 unspecified atom stereocenters. The first-order chi connectivity index (χ1) is 14.0. The van der Waals surface area contributed by atoms with Crippen molar-refractivity contribution in [3.05, 3.63) is 102 Å². The number of benzene rings is 2. The normalized spacial score (nSPS) is 10.2. The third kappa shape index (κ3) is 5.66. The zero-order valence-corrected chi connectivity index (χ0v) is 16.2. The smallest absolute Gasteiger partial charge is 0.287 e. The molecule has 3 rings (SSSR count). The third-order valence-electron chi connectivity index (χ3n) is 4.10. The van der Waals surface area contributed by atoms with Gasteiger partial charge in [0.05, 0.1) is 6.54 Å². The summed E-state index contributed by atoms with van der Waals surface area (Å²) in [6.45, 7) is 0.0555. The molecule has 0 bridgehead atoms. The zero-order valence-electron chi connectivity index (χ0n) is 15.4. The number of hydrogen-bond acceptors (Lipinski definition) is 5. The molecule has 0 N–H and O–H groups in total. The lowest BCUT2D eigenvalue weighted by atomic mass is 10.1. The van der Waals surface area contributed by atoms with E-state index in [-0.39, 0.29) is 24.4 Å². The van der Waals surface area contributed by atoms with Gasteiger partial charge >= 0.3 is 10.5 Å². The van der Waals surface area contributed by atoms with Gasteiger partial charge in [-0.3, -0.25) is 9.59 Å². The van der Waals surface area contributed by atoms with E-state index in [1.807, 2.05) is 12.1 Å². The van der Waals surface area contributed by atoms with Crippen LogP contribution in [-0.4, -0.2) is 25.1 Å². The second-order valence-corrected chi connectivity index (χ2v) is 6.80. The minimum atomic E-state index is -2.78. The van der Waals surface area contributed by atoms with Crippen molar-refractivity contribution in [1.29, 1.82) is 0 Å². The van der Waals surface area contributed by atoms with E-state index in [9.17, 15) is 18.0 Å². The molecule has 1 heterocycles. The van der Waals surface area contributed by atoms with Crippen LogP contribution in [0.1, 0.15) is 26.3 Å². The minimum absolute atomic E-state index is 0.00545. The molecule has 0 fully saturated rings. The lowest BCUT2D eigenvalue weighted by molar-refractivity contribution is -0.683. The summed E-state index contributed by atoms with van der Waals surface area (Å²) in [4.78, 5) is 25.3. The highest BCUT2D eigenvalue weighted by Crippen LogP contribution is 2.10. The van der Waals surface area contributed by atoms with Gasteiger partial charge in [-0.2, -0.15) is 13.0 Å². The summed E-state index contributed by atoms with van der Waals surface area (Å²) >= 11 is 0. The van der Waals surface area contributed by atoms with E-state index in [1.165, 1.54) is 6.20 Å². The van der Waals surface area contributed by atoms with Crippen LogP contribution in [0.2, 0.25) is 0 Å². The molecule has 0 atom stereocenters. The molecule has 3 aromatic rings. The van der Waals surface area contributed by atoms with Crippen LogP contribution in [0.15, 0.2) is 89.7 Å². The fraction of sp³-hybridized carbons (Fsp3) is 0.0952. The second kappa shape index (κ2) is 9.52. The molecule has 7 nitrogen and oxygen atoms in total. The SMILES string of the molecule is O=C(C[n+]1cccc(C(=O)N(Cc2ccccc2)N=S(=O)=O)c1)c1ccccc1.